The number of nitrogens with two attached hydrogens (primary N) is 1. The Balaban J connectivity index is 2.31. The van der Waals surface area contributed by atoms with Gasteiger partial charge in [-0.3, -0.25) is 4.79 Å². The van der Waals surface area contributed by atoms with E-state index in [0.29, 0.717) is 17.3 Å². The Kier molecular flexibility index (Phi) is 2.82. The summed E-state index contributed by atoms with van der Waals surface area (Å²) in [5.41, 5.74) is 6.26. The van der Waals surface area contributed by atoms with Gasteiger partial charge in [-0.05, 0) is 12.5 Å². The van der Waals surface area contributed by atoms with Crippen LogP contribution in [0.4, 0.5) is 0 Å². The predicted octanol–water partition coefficient (Wildman–Crippen LogP) is 0.835. The normalized spacial score (nSPS) is 12.6. The molecule has 6 heteroatoms. The smallest absolute Gasteiger partial charge is 0.259 e. The average Bonchev–Trinajstić information content (AvgIpc) is 2.78. The van der Waals surface area contributed by atoms with Gasteiger partial charge in [0.15, 0.2) is 5.82 Å². The Morgan fingerprint density at radius 2 is 2.38 bits per heavy atom. The van der Waals surface area contributed by atoms with Crippen molar-refractivity contribution >= 4 is 0 Å². The fourth-order valence-corrected chi connectivity index (χ4v) is 1.23. The molecule has 1 atom stereocenters. The van der Waals surface area contributed by atoms with Crippen LogP contribution in [0.5, 0.6) is 0 Å². The highest BCUT2D eigenvalue weighted by Gasteiger charge is 2.13. The molecule has 0 aliphatic rings. The lowest BCUT2D eigenvalue weighted by Crippen LogP contribution is -2.10. The maximum atomic E-state index is 10.9. The van der Waals surface area contributed by atoms with Crippen molar-refractivity contribution in [2.75, 3.05) is 0 Å². The molecule has 0 aliphatic carbocycles. The third kappa shape index (κ3) is 2.01. The fraction of sp³-hybridized carbons (Fsp3) is 0.300. The first-order valence-corrected chi connectivity index (χ1v) is 4.99. The summed E-state index contributed by atoms with van der Waals surface area (Å²) in [6.45, 7) is 1.95. The number of aromatic nitrogens is 3. The lowest BCUT2D eigenvalue weighted by atomic mass is 10.2. The average molecular weight is 220 g/mol. The number of hydrogen-bond acceptors (Lipinski definition) is 5. The standard InChI is InChI=1S/C10H12N4O2/c1-2-7(11)9-13-10(16-14-9)6-3-4-8(15)12-5-6/h3-5,7H,2,11H2,1H3,(H,12,15). The number of hydrogen-bond donors (Lipinski definition) is 2. The zero-order chi connectivity index (χ0) is 11.5. The van der Waals surface area contributed by atoms with Gasteiger partial charge in [0.2, 0.25) is 5.56 Å². The van der Waals surface area contributed by atoms with E-state index in [1.807, 2.05) is 6.92 Å². The summed E-state index contributed by atoms with van der Waals surface area (Å²) in [5.74, 6) is 0.832. The molecule has 1 unspecified atom stereocenters. The van der Waals surface area contributed by atoms with Crippen LogP contribution in [0.1, 0.15) is 25.2 Å². The fourth-order valence-electron chi connectivity index (χ4n) is 1.23. The van der Waals surface area contributed by atoms with Gasteiger partial charge in [-0.15, -0.1) is 0 Å². The van der Waals surface area contributed by atoms with Crippen LogP contribution in [0, 0.1) is 0 Å². The maximum Gasteiger partial charge on any atom is 0.259 e. The molecule has 2 rings (SSSR count). The first kappa shape index (κ1) is 10.6. The Morgan fingerprint density at radius 1 is 1.56 bits per heavy atom. The Bertz CT molecular complexity index is 511. The summed E-state index contributed by atoms with van der Waals surface area (Å²) < 4.78 is 5.05. The van der Waals surface area contributed by atoms with Crippen LogP contribution >= 0.6 is 0 Å². The zero-order valence-corrected chi connectivity index (χ0v) is 8.80. The van der Waals surface area contributed by atoms with Crippen LogP contribution in [-0.2, 0) is 0 Å². The van der Waals surface area contributed by atoms with Crippen molar-refractivity contribution in [2.45, 2.75) is 19.4 Å². The molecule has 6 nitrogen and oxygen atoms in total. The zero-order valence-electron chi connectivity index (χ0n) is 8.80. The minimum absolute atomic E-state index is 0.172. The summed E-state index contributed by atoms with van der Waals surface area (Å²) >= 11 is 0. The molecule has 2 heterocycles. The van der Waals surface area contributed by atoms with E-state index in [1.54, 1.807) is 6.07 Å². The van der Waals surface area contributed by atoms with Gasteiger partial charge >= 0.3 is 0 Å². The van der Waals surface area contributed by atoms with E-state index >= 15 is 0 Å². The van der Waals surface area contributed by atoms with E-state index in [1.165, 1.54) is 12.3 Å². The quantitative estimate of drug-likeness (QED) is 0.798. The molecule has 0 saturated heterocycles. The van der Waals surface area contributed by atoms with E-state index in [0.717, 1.165) is 6.42 Å². The highest BCUT2D eigenvalue weighted by molar-refractivity contribution is 5.50. The minimum Gasteiger partial charge on any atom is -0.334 e. The number of rotatable bonds is 3. The second-order valence-electron chi connectivity index (χ2n) is 3.41. The third-order valence-electron chi connectivity index (χ3n) is 2.24. The molecule has 0 fully saturated rings. The number of nitrogens with zero attached hydrogens (tertiary/aromatic N) is 2. The molecule has 0 saturated carbocycles. The van der Waals surface area contributed by atoms with Gasteiger partial charge in [0, 0.05) is 12.3 Å². The molecule has 0 aromatic carbocycles. The van der Waals surface area contributed by atoms with E-state index in [4.69, 9.17) is 10.3 Å². The van der Waals surface area contributed by atoms with Gasteiger partial charge < -0.3 is 15.2 Å². The van der Waals surface area contributed by atoms with E-state index in [2.05, 4.69) is 15.1 Å². The van der Waals surface area contributed by atoms with E-state index in [9.17, 15) is 4.79 Å². The molecule has 0 aliphatic heterocycles. The lowest BCUT2D eigenvalue weighted by Gasteiger charge is -1.99. The Morgan fingerprint density at radius 3 is 3.00 bits per heavy atom. The topological polar surface area (TPSA) is 97.8 Å². The molecule has 0 spiro atoms. The molecule has 84 valence electrons. The van der Waals surface area contributed by atoms with Gasteiger partial charge in [0.05, 0.1) is 11.6 Å². The predicted molar refractivity (Wildman–Crippen MR) is 57.6 cm³/mol. The highest BCUT2D eigenvalue weighted by Crippen LogP contribution is 2.17. The van der Waals surface area contributed by atoms with Crippen LogP contribution < -0.4 is 11.3 Å². The number of aromatic amines is 1. The van der Waals surface area contributed by atoms with Gasteiger partial charge in [-0.25, -0.2) is 0 Å². The lowest BCUT2D eigenvalue weighted by molar-refractivity contribution is 0.415. The van der Waals surface area contributed by atoms with Gasteiger partial charge in [0.25, 0.3) is 5.89 Å². The van der Waals surface area contributed by atoms with Gasteiger partial charge in [0.1, 0.15) is 0 Å². The van der Waals surface area contributed by atoms with Crippen LogP contribution in [0.2, 0.25) is 0 Å². The summed E-state index contributed by atoms with van der Waals surface area (Å²) in [5, 5.41) is 3.78. The molecule has 2 aromatic rings. The van der Waals surface area contributed by atoms with Crippen LogP contribution in [0.3, 0.4) is 0 Å². The van der Waals surface area contributed by atoms with Crippen molar-refractivity contribution in [3.05, 3.63) is 34.5 Å². The molecule has 3 N–H and O–H groups in total. The molecule has 0 amide bonds. The highest BCUT2D eigenvalue weighted by atomic mass is 16.5. The Labute approximate surface area is 91.5 Å². The van der Waals surface area contributed by atoms with E-state index in [-0.39, 0.29) is 11.6 Å². The number of pyridine rings is 1. The molecular weight excluding hydrogens is 208 g/mol. The maximum absolute atomic E-state index is 10.9. The molecule has 2 aromatic heterocycles. The van der Waals surface area contributed by atoms with Gasteiger partial charge in [-0.1, -0.05) is 12.1 Å². The second kappa shape index (κ2) is 4.28. The number of nitrogens with one attached hydrogen (secondary N) is 1. The molecule has 0 radical (unpaired) electrons. The largest absolute Gasteiger partial charge is 0.334 e. The van der Waals surface area contributed by atoms with Gasteiger partial charge in [-0.2, -0.15) is 4.98 Å². The summed E-state index contributed by atoms with van der Waals surface area (Å²) in [6, 6.07) is 2.80. The summed E-state index contributed by atoms with van der Waals surface area (Å²) in [7, 11) is 0. The van der Waals surface area contributed by atoms with Crippen molar-refractivity contribution in [1.29, 1.82) is 0 Å². The Hall–Kier alpha value is -1.95. The van der Waals surface area contributed by atoms with Crippen molar-refractivity contribution in [2.24, 2.45) is 5.73 Å². The number of H-pyrrole nitrogens is 1. The SMILES string of the molecule is CCC(N)c1noc(-c2ccc(=O)[nH]c2)n1. The van der Waals surface area contributed by atoms with Crippen LogP contribution in [0.25, 0.3) is 11.5 Å². The molecule has 0 bridgehead atoms. The van der Waals surface area contributed by atoms with Crippen molar-refractivity contribution in [3.8, 4) is 11.5 Å². The summed E-state index contributed by atoms with van der Waals surface area (Å²) in [4.78, 5) is 17.6. The van der Waals surface area contributed by atoms with Crippen molar-refractivity contribution in [1.82, 2.24) is 15.1 Å². The molecule has 16 heavy (non-hydrogen) atoms. The van der Waals surface area contributed by atoms with Crippen molar-refractivity contribution < 1.29 is 4.52 Å². The third-order valence-corrected chi connectivity index (χ3v) is 2.24. The van der Waals surface area contributed by atoms with Crippen LogP contribution in [0.15, 0.2) is 27.6 Å². The first-order valence-electron chi connectivity index (χ1n) is 4.99. The minimum atomic E-state index is -0.222. The molecular formula is C10H12N4O2. The van der Waals surface area contributed by atoms with E-state index < -0.39 is 0 Å². The van der Waals surface area contributed by atoms with Crippen molar-refractivity contribution in [3.63, 3.8) is 0 Å². The second-order valence-corrected chi connectivity index (χ2v) is 3.41. The van der Waals surface area contributed by atoms with Crippen LogP contribution in [-0.4, -0.2) is 15.1 Å². The monoisotopic (exact) mass is 220 g/mol. The summed E-state index contributed by atoms with van der Waals surface area (Å²) in [6.07, 6.45) is 2.27. The first-order chi connectivity index (χ1) is 7.70.